The molecule has 0 bridgehead atoms. The molecule has 0 saturated carbocycles. The van der Waals surface area contributed by atoms with Crippen LogP contribution in [0, 0.1) is 20.8 Å². The fourth-order valence-corrected chi connectivity index (χ4v) is 6.66. The van der Waals surface area contributed by atoms with Crippen molar-refractivity contribution in [2.75, 3.05) is 26.2 Å². The summed E-state index contributed by atoms with van der Waals surface area (Å²) in [5, 5.41) is 13.7. The number of aromatic nitrogens is 2. The number of benzene rings is 2. The van der Waals surface area contributed by atoms with E-state index >= 15 is 0 Å². The fourth-order valence-electron chi connectivity index (χ4n) is 5.02. The third kappa shape index (κ3) is 8.60. The molecule has 3 aromatic rings. The first kappa shape index (κ1) is 34.4. The molecule has 1 aromatic heterocycles. The van der Waals surface area contributed by atoms with E-state index in [4.69, 9.17) is 0 Å². The average Bonchev–Trinajstić information content (AvgIpc) is 3.38. The lowest BCUT2D eigenvalue weighted by atomic mass is 10.1. The van der Waals surface area contributed by atoms with Gasteiger partial charge in [0, 0.05) is 43.7 Å². The molecular formula is C29H34F3N7O6S. The predicted molar refractivity (Wildman–Crippen MR) is 162 cm³/mol. The topological polar surface area (TPSA) is 173 Å². The minimum Gasteiger partial charge on any atom is -0.385 e. The number of carbonyl (C=O) groups is 3. The number of esters is 2. The SMILES string of the molecule is Cc1cc(C)c(S(=O)(=O)N[C@@H](CNC(=O)c2ccc3c(cnn3CCCNC3=NCCCN3)c2)C(=O)OC(=O)C(F)(F)F)c(C)c1. The van der Waals surface area contributed by atoms with E-state index in [0.717, 1.165) is 43.0 Å². The molecule has 1 amide bonds. The largest absolute Gasteiger partial charge is 0.491 e. The molecule has 2 aromatic carbocycles. The van der Waals surface area contributed by atoms with Gasteiger partial charge in [-0.3, -0.25) is 14.5 Å². The van der Waals surface area contributed by atoms with Gasteiger partial charge in [0.25, 0.3) is 5.91 Å². The molecule has 0 saturated heterocycles. The number of fused-ring (bicyclic) bond motifs is 1. The molecule has 0 unspecified atom stereocenters. The minimum atomic E-state index is -5.51. The first-order chi connectivity index (χ1) is 21.7. The molecule has 0 radical (unpaired) electrons. The van der Waals surface area contributed by atoms with Crippen LogP contribution in [0.25, 0.3) is 10.9 Å². The lowest BCUT2D eigenvalue weighted by molar-refractivity contribution is -0.202. The normalized spacial score (nSPS) is 14.3. The number of aliphatic imine (C=N–C) groups is 1. The van der Waals surface area contributed by atoms with E-state index < -0.39 is 46.6 Å². The highest BCUT2D eigenvalue weighted by Gasteiger charge is 2.44. The standard InChI is InChI=1S/C29H34F3N7O6S/c1-17-12-18(2)24(19(3)13-17)46(43,44)38-22(26(41)45-27(42)29(30,31)32)16-36-25(40)20-6-7-23-21(14-20)15-37-39(23)11-5-10-35-28-33-8-4-9-34-28/h6-7,12-15,22,38H,4-5,8-11,16H2,1-3H3,(H,36,40)(H2,33,34,35)/t22-/m0/s1. The van der Waals surface area contributed by atoms with E-state index in [0.29, 0.717) is 29.6 Å². The van der Waals surface area contributed by atoms with Crippen molar-refractivity contribution in [3.63, 3.8) is 0 Å². The summed E-state index contributed by atoms with van der Waals surface area (Å²) in [6.07, 6.45) is -2.21. The number of rotatable bonds is 11. The highest BCUT2D eigenvalue weighted by atomic mass is 32.2. The lowest BCUT2D eigenvalue weighted by Gasteiger charge is -2.20. The van der Waals surface area contributed by atoms with Crippen molar-refractivity contribution in [3.8, 4) is 0 Å². The monoisotopic (exact) mass is 665 g/mol. The number of hydrogen-bond donors (Lipinski definition) is 4. The van der Waals surface area contributed by atoms with Crippen LogP contribution in [0.2, 0.25) is 0 Å². The molecule has 4 N–H and O–H groups in total. The van der Waals surface area contributed by atoms with E-state index in [1.165, 1.54) is 26.0 Å². The summed E-state index contributed by atoms with van der Waals surface area (Å²) in [5.41, 5.74) is 2.24. The number of amides is 1. The van der Waals surface area contributed by atoms with Gasteiger partial charge >= 0.3 is 18.1 Å². The molecule has 0 spiro atoms. The van der Waals surface area contributed by atoms with Crippen LogP contribution in [0.3, 0.4) is 0 Å². The van der Waals surface area contributed by atoms with Crippen molar-refractivity contribution < 1.29 is 40.7 Å². The fraction of sp³-hybridized carbons (Fsp3) is 0.414. The van der Waals surface area contributed by atoms with Crippen LogP contribution in [-0.4, -0.2) is 80.4 Å². The second-order valence-corrected chi connectivity index (χ2v) is 12.4. The van der Waals surface area contributed by atoms with Crippen molar-refractivity contribution in [2.45, 2.75) is 57.3 Å². The van der Waals surface area contributed by atoms with Crippen molar-refractivity contribution in [3.05, 3.63) is 58.8 Å². The van der Waals surface area contributed by atoms with E-state index in [1.54, 1.807) is 36.0 Å². The van der Waals surface area contributed by atoms with Gasteiger partial charge in [-0.2, -0.15) is 23.0 Å². The Morgan fingerprint density at radius 1 is 1.11 bits per heavy atom. The summed E-state index contributed by atoms with van der Waals surface area (Å²) < 4.78 is 72.6. The van der Waals surface area contributed by atoms with Gasteiger partial charge in [-0.15, -0.1) is 0 Å². The first-order valence-electron chi connectivity index (χ1n) is 14.3. The minimum absolute atomic E-state index is 0.113. The molecule has 46 heavy (non-hydrogen) atoms. The maximum atomic E-state index is 13.3. The molecule has 1 aliphatic rings. The summed E-state index contributed by atoms with van der Waals surface area (Å²) >= 11 is 0. The Hall–Kier alpha value is -4.51. The molecule has 4 rings (SSSR count). The van der Waals surface area contributed by atoms with Gasteiger partial charge in [-0.05, 0) is 62.9 Å². The number of hydrogen-bond acceptors (Lipinski definition) is 10. The Morgan fingerprint density at radius 2 is 1.83 bits per heavy atom. The van der Waals surface area contributed by atoms with Crippen LogP contribution < -0.4 is 20.7 Å². The molecule has 1 atom stereocenters. The number of nitrogens with one attached hydrogen (secondary N) is 4. The van der Waals surface area contributed by atoms with Gasteiger partial charge in [0.1, 0.15) is 6.04 Å². The van der Waals surface area contributed by atoms with E-state index in [2.05, 4.69) is 30.8 Å². The molecular weight excluding hydrogens is 631 g/mol. The predicted octanol–water partition coefficient (Wildman–Crippen LogP) is 2.00. The van der Waals surface area contributed by atoms with Crippen molar-refractivity contribution >= 4 is 44.7 Å². The number of carbonyl (C=O) groups excluding carboxylic acids is 3. The maximum Gasteiger partial charge on any atom is 0.491 e. The van der Waals surface area contributed by atoms with E-state index in [1.807, 2.05) is 4.72 Å². The van der Waals surface area contributed by atoms with Gasteiger partial charge in [0.05, 0.1) is 16.6 Å². The summed E-state index contributed by atoms with van der Waals surface area (Å²) in [4.78, 5) is 41.1. The zero-order chi connectivity index (χ0) is 33.6. The van der Waals surface area contributed by atoms with Crippen molar-refractivity contribution in [1.29, 1.82) is 0 Å². The zero-order valence-electron chi connectivity index (χ0n) is 25.3. The lowest BCUT2D eigenvalue weighted by Crippen LogP contribution is -2.50. The summed E-state index contributed by atoms with van der Waals surface area (Å²) in [7, 11) is -4.53. The number of sulfonamides is 1. The number of nitrogens with zero attached hydrogens (tertiary/aromatic N) is 3. The van der Waals surface area contributed by atoms with Crippen LogP contribution in [-0.2, 0) is 30.9 Å². The summed E-state index contributed by atoms with van der Waals surface area (Å²) in [5.74, 6) is -4.66. The van der Waals surface area contributed by atoms with Crippen LogP contribution in [0.4, 0.5) is 13.2 Å². The summed E-state index contributed by atoms with van der Waals surface area (Å²) in [6.45, 7) is 6.84. The highest BCUT2D eigenvalue weighted by Crippen LogP contribution is 2.23. The molecule has 17 heteroatoms. The van der Waals surface area contributed by atoms with Gasteiger partial charge < -0.3 is 20.7 Å². The third-order valence-corrected chi connectivity index (χ3v) is 8.76. The smallest absolute Gasteiger partial charge is 0.385 e. The van der Waals surface area contributed by atoms with Crippen LogP contribution >= 0.6 is 0 Å². The van der Waals surface area contributed by atoms with Crippen molar-refractivity contribution in [2.24, 2.45) is 4.99 Å². The number of ether oxygens (including phenoxy) is 1. The highest BCUT2D eigenvalue weighted by molar-refractivity contribution is 7.89. The van der Waals surface area contributed by atoms with E-state index in [-0.39, 0.29) is 10.5 Å². The van der Waals surface area contributed by atoms with Crippen molar-refractivity contribution in [1.82, 2.24) is 30.5 Å². The van der Waals surface area contributed by atoms with Crippen LogP contribution in [0.5, 0.6) is 0 Å². The van der Waals surface area contributed by atoms with Gasteiger partial charge in [0.15, 0.2) is 5.96 Å². The Kier molecular flexibility index (Phi) is 10.7. The van der Waals surface area contributed by atoms with Gasteiger partial charge in [0.2, 0.25) is 10.0 Å². The molecule has 0 aliphatic carbocycles. The molecule has 0 fully saturated rings. The Labute approximate surface area is 263 Å². The number of halogens is 3. The number of alkyl halides is 3. The maximum absolute atomic E-state index is 13.3. The average molecular weight is 666 g/mol. The Balaban J connectivity index is 1.45. The number of guanidine groups is 1. The van der Waals surface area contributed by atoms with Crippen LogP contribution in [0.1, 0.15) is 39.9 Å². The second kappa shape index (κ2) is 14.3. The van der Waals surface area contributed by atoms with E-state index in [9.17, 15) is 36.0 Å². The van der Waals surface area contributed by atoms with Gasteiger partial charge in [-0.1, -0.05) is 17.7 Å². The zero-order valence-corrected chi connectivity index (χ0v) is 26.1. The third-order valence-electron chi connectivity index (χ3n) is 6.99. The first-order valence-corrected chi connectivity index (χ1v) is 15.8. The van der Waals surface area contributed by atoms with Crippen LogP contribution in [0.15, 0.2) is 46.4 Å². The molecule has 13 nitrogen and oxygen atoms in total. The Bertz CT molecular complexity index is 1750. The molecule has 1 aliphatic heterocycles. The summed E-state index contributed by atoms with van der Waals surface area (Å²) in [6, 6.07) is 5.74. The molecule has 2 heterocycles. The van der Waals surface area contributed by atoms with Gasteiger partial charge in [-0.25, -0.2) is 18.0 Å². The number of aryl methyl sites for hydroxylation is 4. The second-order valence-electron chi connectivity index (χ2n) is 10.8. The Morgan fingerprint density at radius 3 is 2.48 bits per heavy atom. The quantitative estimate of drug-likeness (QED) is 0.136. The molecule has 248 valence electrons.